The molecular formula is C29H34BrN3O4S. The minimum atomic E-state index is -3.77. The summed E-state index contributed by atoms with van der Waals surface area (Å²) in [4.78, 5) is 29.0. The van der Waals surface area contributed by atoms with Crippen LogP contribution in [0.4, 0.5) is 5.69 Å². The fourth-order valence-electron chi connectivity index (χ4n) is 4.10. The maximum absolute atomic E-state index is 14.0. The molecule has 2 amide bonds. The van der Waals surface area contributed by atoms with Crippen molar-refractivity contribution in [3.8, 4) is 0 Å². The molecule has 1 N–H and O–H groups in total. The van der Waals surface area contributed by atoms with Gasteiger partial charge in [-0.3, -0.25) is 13.9 Å². The number of unbranched alkanes of at least 4 members (excludes halogenated alkanes) is 1. The van der Waals surface area contributed by atoms with Crippen molar-refractivity contribution in [1.82, 2.24) is 10.2 Å². The maximum atomic E-state index is 14.0. The Morgan fingerprint density at radius 1 is 0.921 bits per heavy atom. The molecule has 3 aromatic rings. The molecule has 3 rings (SSSR count). The summed E-state index contributed by atoms with van der Waals surface area (Å²) in [7, 11) is -3.77. The van der Waals surface area contributed by atoms with E-state index in [9.17, 15) is 18.0 Å². The molecule has 0 saturated carbocycles. The van der Waals surface area contributed by atoms with Crippen molar-refractivity contribution < 1.29 is 18.0 Å². The van der Waals surface area contributed by atoms with Crippen LogP contribution in [0.15, 0.2) is 89.4 Å². The van der Waals surface area contributed by atoms with E-state index in [1.165, 1.54) is 4.90 Å². The van der Waals surface area contributed by atoms with Gasteiger partial charge in [-0.15, -0.1) is 0 Å². The van der Waals surface area contributed by atoms with Crippen LogP contribution in [0.2, 0.25) is 0 Å². The molecule has 0 aromatic heterocycles. The first-order valence-corrected chi connectivity index (χ1v) is 15.2. The van der Waals surface area contributed by atoms with E-state index >= 15 is 0 Å². The zero-order valence-corrected chi connectivity index (χ0v) is 24.1. The van der Waals surface area contributed by atoms with Gasteiger partial charge in [0.15, 0.2) is 0 Å². The number of halogens is 1. The Hall–Kier alpha value is -3.17. The Morgan fingerprint density at radius 3 is 2.16 bits per heavy atom. The van der Waals surface area contributed by atoms with Gasteiger partial charge >= 0.3 is 0 Å². The number of anilines is 1. The number of carbonyl (C=O) groups excluding carboxylic acids is 2. The second-order valence-electron chi connectivity index (χ2n) is 9.11. The molecule has 3 aromatic carbocycles. The molecular weight excluding hydrogens is 566 g/mol. The van der Waals surface area contributed by atoms with Crippen molar-refractivity contribution in [2.75, 3.05) is 23.7 Å². The number of sulfonamides is 1. The van der Waals surface area contributed by atoms with Crippen molar-refractivity contribution in [2.24, 2.45) is 0 Å². The molecule has 0 aliphatic rings. The largest absolute Gasteiger partial charge is 0.354 e. The predicted molar refractivity (Wildman–Crippen MR) is 155 cm³/mol. The lowest BCUT2D eigenvalue weighted by Crippen LogP contribution is -2.53. The van der Waals surface area contributed by atoms with E-state index in [0.29, 0.717) is 18.7 Å². The second kappa shape index (κ2) is 14.1. The summed E-state index contributed by atoms with van der Waals surface area (Å²) in [6.07, 6.45) is 3.11. The molecule has 0 aliphatic heterocycles. The minimum Gasteiger partial charge on any atom is -0.354 e. The third-order valence-corrected chi connectivity index (χ3v) is 7.70. The molecule has 9 heteroatoms. The van der Waals surface area contributed by atoms with E-state index in [1.54, 1.807) is 30.3 Å². The normalized spacial score (nSPS) is 12.0. The molecule has 0 bridgehead atoms. The average Bonchev–Trinajstić information content (AvgIpc) is 2.89. The van der Waals surface area contributed by atoms with Crippen LogP contribution in [0.25, 0.3) is 0 Å². The Morgan fingerprint density at radius 2 is 1.55 bits per heavy atom. The van der Waals surface area contributed by atoms with E-state index in [2.05, 4.69) is 21.2 Å². The van der Waals surface area contributed by atoms with Crippen LogP contribution in [0.1, 0.15) is 30.9 Å². The average molecular weight is 601 g/mol. The number of benzene rings is 3. The van der Waals surface area contributed by atoms with Gasteiger partial charge < -0.3 is 10.2 Å². The summed E-state index contributed by atoms with van der Waals surface area (Å²) in [6, 6.07) is 24.7. The van der Waals surface area contributed by atoms with E-state index in [1.807, 2.05) is 61.5 Å². The molecule has 38 heavy (non-hydrogen) atoms. The molecule has 0 heterocycles. The molecule has 0 fully saturated rings. The summed E-state index contributed by atoms with van der Waals surface area (Å²) in [5.74, 6) is -0.734. The number of nitrogens with zero attached hydrogens (tertiary/aromatic N) is 2. The van der Waals surface area contributed by atoms with Crippen LogP contribution in [0, 0.1) is 0 Å². The molecule has 1 unspecified atom stereocenters. The lowest BCUT2D eigenvalue weighted by Gasteiger charge is -2.33. The molecule has 202 valence electrons. The highest BCUT2D eigenvalue weighted by atomic mass is 79.9. The summed E-state index contributed by atoms with van der Waals surface area (Å²) < 4.78 is 27.4. The van der Waals surface area contributed by atoms with Crippen molar-refractivity contribution in [3.63, 3.8) is 0 Å². The summed E-state index contributed by atoms with van der Waals surface area (Å²) in [6.45, 7) is 2.26. The summed E-state index contributed by atoms with van der Waals surface area (Å²) in [5.41, 5.74) is 2.11. The van der Waals surface area contributed by atoms with E-state index in [-0.39, 0.29) is 12.5 Å². The monoisotopic (exact) mass is 599 g/mol. The first kappa shape index (κ1) is 29.4. The highest BCUT2D eigenvalue weighted by molar-refractivity contribution is 9.10. The highest BCUT2D eigenvalue weighted by Gasteiger charge is 2.32. The van der Waals surface area contributed by atoms with Gasteiger partial charge in [0.1, 0.15) is 12.6 Å². The van der Waals surface area contributed by atoms with Gasteiger partial charge in [0, 0.05) is 24.0 Å². The first-order valence-electron chi connectivity index (χ1n) is 12.6. The number of nitrogens with one attached hydrogen (secondary N) is 1. The zero-order valence-electron chi connectivity index (χ0n) is 21.7. The van der Waals surface area contributed by atoms with Crippen LogP contribution in [0.5, 0.6) is 0 Å². The Bertz CT molecular complexity index is 1300. The number of amides is 2. The fourth-order valence-corrected chi connectivity index (χ4v) is 5.40. The quantitative estimate of drug-likeness (QED) is 0.287. The Balaban J connectivity index is 2.01. The predicted octanol–water partition coefficient (Wildman–Crippen LogP) is 4.77. The Labute approximate surface area is 234 Å². The molecule has 0 saturated heterocycles. The van der Waals surface area contributed by atoms with Gasteiger partial charge in [-0.05, 0) is 41.8 Å². The standard InChI is InChI=1S/C29H34BrN3O4S/c1-3-4-18-31-29(35)27(20-23-12-7-5-8-13-23)32(21-24-14-11-15-25(30)19-24)28(34)22-33(38(2,36)37)26-16-9-6-10-17-26/h5-17,19,27H,3-4,18,20-22H2,1-2H3,(H,31,35). The lowest BCUT2D eigenvalue weighted by molar-refractivity contribution is -0.140. The number of carbonyl (C=O) groups is 2. The number of para-hydroxylation sites is 1. The van der Waals surface area contributed by atoms with Gasteiger partial charge in [0.2, 0.25) is 21.8 Å². The molecule has 0 radical (unpaired) electrons. The molecule has 7 nitrogen and oxygen atoms in total. The Kier molecular flexibility index (Phi) is 10.9. The zero-order chi connectivity index (χ0) is 27.5. The van der Waals surface area contributed by atoms with Crippen LogP contribution in [0.3, 0.4) is 0 Å². The van der Waals surface area contributed by atoms with Crippen LogP contribution in [-0.4, -0.2) is 50.5 Å². The number of rotatable bonds is 13. The van der Waals surface area contributed by atoms with Gasteiger partial charge in [-0.2, -0.15) is 0 Å². The maximum Gasteiger partial charge on any atom is 0.244 e. The van der Waals surface area contributed by atoms with E-state index < -0.39 is 28.5 Å². The van der Waals surface area contributed by atoms with Crippen molar-refractivity contribution in [3.05, 3.63) is 101 Å². The SMILES string of the molecule is CCCCNC(=O)C(Cc1ccccc1)N(Cc1cccc(Br)c1)C(=O)CN(c1ccccc1)S(C)(=O)=O. The van der Waals surface area contributed by atoms with E-state index in [0.717, 1.165) is 39.0 Å². The topological polar surface area (TPSA) is 86.8 Å². The van der Waals surface area contributed by atoms with Crippen LogP contribution >= 0.6 is 15.9 Å². The van der Waals surface area contributed by atoms with Gasteiger partial charge in [0.25, 0.3) is 0 Å². The van der Waals surface area contributed by atoms with E-state index in [4.69, 9.17) is 0 Å². The molecule has 1 atom stereocenters. The van der Waals surface area contributed by atoms with Crippen molar-refractivity contribution in [2.45, 2.75) is 38.8 Å². The van der Waals surface area contributed by atoms with Crippen molar-refractivity contribution in [1.29, 1.82) is 0 Å². The number of hydrogen-bond donors (Lipinski definition) is 1. The second-order valence-corrected chi connectivity index (χ2v) is 11.9. The first-order chi connectivity index (χ1) is 18.2. The van der Waals surface area contributed by atoms with Crippen LogP contribution < -0.4 is 9.62 Å². The van der Waals surface area contributed by atoms with Crippen molar-refractivity contribution >= 4 is 43.5 Å². The van der Waals surface area contributed by atoms with Crippen LogP contribution in [-0.2, 0) is 32.6 Å². The molecule has 0 aliphatic carbocycles. The van der Waals surface area contributed by atoms with Gasteiger partial charge in [0.05, 0.1) is 11.9 Å². The summed E-state index contributed by atoms with van der Waals surface area (Å²) in [5, 5.41) is 2.98. The number of hydrogen-bond acceptors (Lipinski definition) is 4. The lowest BCUT2D eigenvalue weighted by atomic mass is 10.0. The third kappa shape index (κ3) is 8.70. The smallest absolute Gasteiger partial charge is 0.244 e. The van der Waals surface area contributed by atoms with Gasteiger partial charge in [-0.1, -0.05) is 89.9 Å². The summed E-state index contributed by atoms with van der Waals surface area (Å²) >= 11 is 3.48. The minimum absolute atomic E-state index is 0.142. The molecule has 0 spiro atoms. The third-order valence-electron chi connectivity index (χ3n) is 6.07. The fraction of sp³-hybridized carbons (Fsp3) is 0.310. The highest BCUT2D eigenvalue weighted by Crippen LogP contribution is 2.21. The van der Waals surface area contributed by atoms with Gasteiger partial charge in [-0.25, -0.2) is 8.42 Å².